The lowest BCUT2D eigenvalue weighted by molar-refractivity contribution is -0.384. The molecular formula is C20H22N2O4. The summed E-state index contributed by atoms with van der Waals surface area (Å²) in [6.45, 7) is 0. The van der Waals surface area contributed by atoms with Crippen molar-refractivity contribution in [2.45, 2.75) is 31.7 Å². The fourth-order valence-corrected chi connectivity index (χ4v) is 3.45. The second-order valence-corrected chi connectivity index (χ2v) is 6.52. The van der Waals surface area contributed by atoms with Gasteiger partial charge in [-0.15, -0.1) is 0 Å². The van der Waals surface area contributed by atoms with Crippen LogP contribution < -0.4 is 10.1 Å². The number of rotatable bonds is 6. The summed E-state index contributed by atoms with van der Waals surface area (Å²) < 4.78 is 5.18. The van der Waals surface area contributed by atoms with Crippen molar-refractivity contribution in [2.75, 3.05) is 12.4 Å². The molecule has 26 heavy (non-hydrogen) atoms. The van der Waals surface area contributed by atoms with Crippen LogP contribution in [0.3, 0.4) is 0 Å². The van der Waals surface area contributed by atoms with Crippen molar-refractivity contribution in [1.29, 1.82) is 0 Å². The van der Waals surface area contributed by atoms with Crippen LogP contribution in [0.25, 0.3) is 0 Å². The molecule has 1 saturated carbocycles. The van der Waals surface area contributed by atoms with E-state index < -0.39 is 4.92 Å². The lowest BCUT2D eigenvalue weighted by Crippen LogP contribution is -2.30. The highest BCUT2D eigenvalue weighted by Crippen LogP contribution is 2.35. The number of ether oxygens (including phenoxy) is 1. The predicted molar refractivity (Wildman–Crippen MR) is 99.4 cm³/mol. The zero-order chi connectivity index (χ0) is 18.5. The van der Waals surface area contributed by atoms with Crippen LogP contribution in [0.4, 0.5) is 11.4 Å². The number of benzene rings is 2. The number of nitro benzene ring substituents is 1. The van der Waals surface area contributed by atoms with E-state index in [2.05, 4.69) is 5.32 Å². The summed E-state index contributed by atoms with van der Waals surface area (Å²) >= 11 is 0. The zero-order valence-electron chi connectivity index (χ0n) is 14.7. The Bertz CT molecular complexity index is 771. The number of hydrogen-bond donors (Lipinski definition) is 1. The molecule has 1 fully saturated rings. The number of carbonyl (C=O) groups excluding carboxylic acids is 1. The molecule has 0 heterocycles. The Morgan fingerprint density at radius 2 is 1.81 bits per heavy atom. The lowest BCUT2D eigenvalue weighted by atomic mass is 9.80. The van der Waals surface area contributed by atoms with Crippen molar-refractivity contribution in [3.8, 4) is 5.75 Å². The van der Waals surface area contributed by atoms with Crippen LogP contribution >= 0.6 is 0 Å². The van der Waals surface area contributed by atoms with Gasteiger partial charge in [-0.1, -0.05) is 18.6 Å². The largest absolute Gasteiger partial charge is 0.497 e. The summed E-state index contributed by atoms with van der Waals surface area (Å²) in [5.74, 6) is 0.879. The number of carbonyl (C=O) groups is 1. The van der Waals surface area contributed by atoms with Crippen LogP contribution in [0.15, 0.2) is 48.5 Å². The highest BCUT2D eigenvalue weighted by atomic mass is 16.6. The maximum absolute atomic E-state index is 12.5. The van der Waals surface area contributed by atoms with E-state index in [0.717, 1.165) is 36.3 Å². The van der Waals surface area contributed by atoms with E-state index in [4.69, 9.17) is 4.74 Å². The number of nitro groups is 1. The molecule has 6 nitrogen and oxygen atoms in total. The molecular weight excluding hydrogens is 332 g/mol. The Labute approximate surface area is 152 Å². The SMILES string of the molecule is COc1ccc(N[C@H](c2ccc([N+](=O)[O-])cc2)C2CCCCC2=O)cc1. The Kier molecular flexibility index (Phi) is 5.51. The molecule has 1 aliphatic carbocycles. The monoisotopic (exact) mass is 354 g/mol. The van der Waals surface area contributed by atoms with E-state index in [1.54, 1.807) is 19.2 Å². The summed E-state index contributed by atoms with van der Waals surface area (Å²) in [5, 5.41) is 14.4. The molecule has 1 unspecified atom stereocenters. The number of Topliss-reactive ketones (excluding diaryl/α,β-unsaturated/α-hetero) is 1. The fourth-order valence-electron chi connectivity index (χ4n) is 3.45. The second-order valence-electron chi connectivity index (χ2n) is 6.52. The molecule has 0 radical (unpaired) electrons. The maximum Gasteiger partial charge on any atom is 0.269 e. The molecule has 2 aromatic carbocycles. The van der Waals surface area contributed by atoms with Gasteiger partial charge < -0.3 is 10.1 Å². The standard InChI is InChI=1S/C20H22N2O4/c1-26-17-12-8-15(9-13-17)21-20(18-4-2-3-5-19(18)23)14-6-10-16(11-7-14)22(24)25/h6-13,18,20-21H,2-5H2,1H3/t18?,20-/m1/s1. The molecule has 0 spiro atoms. The number of ketones is 1. The van der Waals surface area contributed by atoms with Crippen molar-refractivity contribution < 1.29 is 14.5 Å². The number of nitrogens with one attached hydrogen (secondary N) is 1. The molecule has 0 bridgehead atoms. The van der Waals surface area contributed by atoms with Gasteiger partial charge in [-0.05, 0) is 42.7 Å². The van der Waals surface area contributed by atoms with E-state index in [1.807, 2.05) is 24.3 Å². The van der Waals surface area contributed by atoms with Crippen molar-refractivity contribution >= 4 is 17.2 Å². The lowest BCUT2D eigenvalue weighted by Gasteiger charge is -2.31. The zero-order valence-corrected chi connectivity index (χ0v) is 14.7. The van der Waals surface area contributed by atoms with E-state index in [9.17, 15) is 14.9 Å². The number of anilines is 1. The van der Waals surface area contributed by atoms with Crippen LogP contribution in [-0.4, -0.2) is 17.8 Å². The molecule has 0 saturated heterocycles. The Balaban J connectivity index is 1.89. The fraction of sp³-hybridized carbons (Fsp3) is 0.350. The molecule has 2 aromatic rings. The minimum absolute atomic E-state index is 0.0481. The molecule has 3 rings (SSSR count). The summed E-state index contributed by atoms with van der Waals surface area (Å²) in [7, 11) is 1.61. The Morgan fingerprint density at radius 1 is 1.12 bits per heavy atom. The number of hydrogen-bond acceptors (Lipinski definition) is 5. The molecule has 0 amide bonds. The van der Waals surface area contributed by atoms with Crippen molar-refractivity contribution in [1.82, 2.24) is 0 Å². The van der Waals surface area contributed by atoms with Crippen LogP contribution in [0.5, 0.6) is 5.75 Å². The van der Waals surface area contributed by atoms with Gasteiger partial charge in [0, 0.05) is 30.2 Å². The summed E-state index contributed by atoms with van der Waals surface area (Å²) in [6, 6.07) is 13.8. The first-order valence-corrected chi connectivity index (χ1v) is 8.76. The first-order chi connectivity index (χ1) is 12.6. The Hall–Kier alpha value is -2.89. The summed E-state index contributed by atoms with van der Waals surface area (Å²) in [5.41, 5.74) is 1.81. The molecule has 0 aromatic heterocycles. The van der Waals surface area contributed by atoms with Crippen LogP contribution in [-0.2, 0) is 4.79 Å². The molecule has 0 aliphatic heterocycles. The number of nitrogens with zero attached hydrogens (tertiary/aromatic N) is 1. The van der Waals surface area contributed by atoms with Gasteiger partial charge >= 0.3 is 0 Å². The molecule has 136 valence electrons. The molecule has 1 aliphatic rings. The van der Waals surface area contributed by atoms with E-state index in [1.165, 1.54) is 12.1 Å². The van der Waals surface area contributed by atoms with Gasteiger partial charge in [0.25, 0.3) is 5.69 Å². The average molecular weight is 354 g/mol. The van der Waals surface area contributed by atoms with Crippen LogP contribution in [0.1, 0.15) is 37.3 Å². The van der Waals surface area contributed by atoms with Gasteiger partial charge in [0.15, 0.2) is 0 Å². The quantitative estimate of drug-likeness (QED) is 0.609. The first kappa shape index (κ1) is 17.9. The maximum atomic E-state index is 12.5. The van der Waals surface area contributed by atoms with Crippen molar-refractivity contribution in [3.05, 3.63) is 64.2 Å². The minimum atomic E-state index is -0.415. The van der Waals surface area contributed by atoms with E-state index in [0.29, 0.717) is 6.42 Å². The third-order valence-electron chi connectivity index (χ3n) is 4.88. The van der Waals surface area contributed by atoms with E-state index >= 15 is 0 Å². The van der Waals surface area contributed by atoms with Gasteiger partial charge in [0.1, 0.15) is 11.5 Å². The predicted octanol–water partition coefficient (Wildman–Crippen LogP) is 4.52. The van der Waals surface area contributed by atoms with Crippen molar-refractivity contribution in [2.24, 2.45) is 5.92 Å². The van der Waals surface area contributed by atoms with E-state index in [-0.39, 0.29) is 23.4 Å². The van der Waals surface area contributed by atoms with Gasteiger partial charge in [0.2, 0.25) is 0 Å². The van der Waals surface area contributed by atoms with Crippen molar-refractivity contribution in [3.63, 3.8) is 0 Å². The number of methoxy groups -OCH3 is 1. The van der Waals surface area contributed by atoms with Crippen LogP contribution in [0, 0.1) is 16.0 Å². The highest BCUT2D eigenvalue weighted by molar-refractivity contribution is 5.83. The summed E-state index contributed by atoms with van der Waals surface area (Å²) in [4.78, 5) is 23.0. The van der Waals surface area contributed by atoms with Gasteiger partial charge in [-0.3, -0.25) is 14.9 Å². The molecule has 2 atom stereocenters. The highest BCUT2D eigenvalue weighted by Gasteiger charge is 2.31. The number of non-ortho nitro benzene ring substituents is 1. The van der Waals surface area contributed by atoms with Gasteiger partial charge in [0.05, 0.1) is 18.1 Å². The molecule has 6 heteroatoms. The third kappa shape index (κ3) is 4.02. The third-order valence-corrected chi connectivity index (χ3v) is 4.88. The molecule has 1 N–H and O–H groups in total. The average Bonchev–Trinajstić information content (AvgIpc) is 2.67. The minimum Gasteiger partial charge on any atom is -0.497 e. The normalized spacial score (nSPS) is 18.2. The second kappa shape index (κ2) is 7.99. The topological polar surface area (TPSA) is 81.5 Å². The smallest absolute Gasteiger partial charge is 0.269 e. The Morgan fingerprint density at radius 3 is 2.38 bits per heavy atom. The summed E-state index contributed by atoms with van der Waals surface area (Å²) in [6.07, 6.45) is 3.37. The first-order valence-electron chi connectivity index (χ1n) is 8.76. The van der Waals surface area contributed by atoms with Gasteiger partial charge in [-0.25, -0.2) is 0 Å². The van der Waals surface area contributed by atoms with Crippen LogP contribution in [0.2, 0.25) is 0 Å². The van der Waals surface area contributed by atoms with Gasteiger partial charge in [-0.2, -0.15) is 0 Å².